The number of hydrogen-bond acceptors (Lipinski definition) is 3. The molecule has 3 nitrogen and oxygen atoms in total. The van der Waals surface area contributed by atoms with E-state index in [1.807, 2.05) is 6.92 Å². The number of halogens is 2. The van der Waals surface area contributed by atoms with E-state index >= 15 is 0 Å². The molecular formula is C5H7Cl2NO2. The third-order valence-corrected chi connectivity index (χ3v) is 1.000. The maximum Gasteiger partial charge on any atom is 0.429 e. The van der Waals surface area contributed by atoms with Crippen molar-refractivity contribution in [2.75, 3.05) is 0 Å². The number of rotatable bonds is 3. The molecule has 0 aliphatic carbocycles. The Balaban J connectivity index is 3.57. The summed E-state index contributed by atoms with van der Waals surface area (Å²) < 4.78 is 0. The predicted molar refractivity (Wildman–Crippen MR) is 40.5 cm³/mol. The molecule has 0 aromatic carbocycles. The number of oxime groups is 1. The highest BCUT2D eigenvalue weighted by molar-refractivity contribution is 6.65. The first-order valence-electron chi connectivity index (χ1n) is 2.75. The van der Waals surface area contributed by atoms with Gasteiger partial charge in [0.25, 0.3) is 0 Å². The highest BCUT2D eigenvalue weighted by Gasteiger charge is 1.95. The van der Waals surface area contributed by atoms with Gasteiger partial charge in [-0.3, -0.25) is 0 Å². The number of hydrogen-bond donors (Lipinski definition) is 0. The molecule has 0 saturated heterocycles. The molecule has 0 radical (unpaired) electrons. The molecule has 5 heteroatoms. The second kappa shape index (κ2) is 5.50. The molecule has 0 aromatic rings. The lowest BCUT2D eigenvalue weighted by Gasteiger charge is -1.91. The molecule has 0 rings (SSSR count). The molecule has 0 aliphatic heterocycles. The van der Waals surface area contributed by atoms with Gasteiger partial charge in [-0.1, -0.05) is 23.7 Å². The van der Waals surface area contributed by atoms with Crippen LogP contribution in [-0.4, -0.2) is 10.6 Å². The van der Waals surface area contributed by atoms with E-state index < -0.39 is 5.43 Å². The molecule has 0 fully saturated rings. The van der Waals surface area contributed by atoms with Crippen molar-refractivity contribution in [2.24, 2.45) is 5.16 Å². The molecular weight excluding hydrogens is 177 g/mol. The van der Waals surface area contributed by atoms with E-state index in [0.717, 1.165) is 6.42 Å². The molecule has 0 heterocycles. The van der Waals surface area contributed by atoms with Gasteiger partial charge in [0, 0.05) is 18.0 Å². The Hall–Kier alpha value is -0.280. The first-order valence-corrected chi connectivity index (χ1v) is 3.51. The van der Waals surface area contributed by atoms with Crippen molar-refractivity contribution >= 4 is 33.8 Å². The van der Waals surface area contributed by atoms with Gasteiger partial charge < -0.3 is 4.84 Å². The van der Waals surface area contributed by atoms with Crippen molar-refractivity contribution in [3.63, 3.8) is 0 Å². The average molecular weight is 184 g/mol. The van der Waals surface area contributed by atoms with Crippen LogP contribution in [0.3, 0.4) is 0 Å². The summed E-state index contributed by atoms with van der Waals surface area (Å²) >= 11 is 10.2. The number of nitrogens with zero attached hydrogens (tertiary/aromatic N) is 1. The Morgan fingerprint density at radius 2 is 2.20 bits per heavy atom. The van der Waals surface area contributed by atoms with E-state index in [-0.39, 0.29) is 5.17 Å². The smallest absolute Gasteiger partial charge is 0.301 e. The fraction of sp³-hybridized carbons (Fsp3) is 0.600. The molecule has 10 heavy (non-hydrogen) atoms. The Kier molecular flexibility index (Phi) is 5.35. The fourth-order valence-electron chi connectivity index (χ4n) is 0.337. The molecule has 0 unspecified atom stereocenters. The maximum atomic E-state index is 9.93. The van der Waals surface area contributed by atoms with Crippen LogP contribution in [0, 0.1) is 0 Å². The van der Waals surface area contributed by atoms with Crippen molar-refractivity contribution in [1.29, 1.82) is 0 Å². The molecule has 0 spiro atoms. The normalized spacial score (nSPS) is 11.3. The second-order valence-corrected chi connectivity index (χ2v) is 2.29. The Labute approximate surface area is 68.9 Å². The Morgan fingerprint density at radius 3 is 2.60 bits per heavy atom. The van der Waals surface area contributed by atoms with Crippen LogP contribution in [0.2, 0.25) is 0 Å². The third-order valence-electron chi connectivity index (χ3n) is 0.673. The number of carbonyl (C=O) groups excluding carboxylic acids is 1. The fourth-order valence-corrected chi connectivity index (χ4v) is 0.595. The van der Waals surface area contributed by atoms with Gasteiger partial charge in [-0.2, -0.15) is 0 Å². The summed E-state index contributed by atoms with van der Waals surface area (Å²) in [6, 6.07) is 0. The van der Waals surface area contributed by atoms with Crippen LogP contribution in [0.5, 0.6) is 0 Å². The quantitative estimate of drug-likeness (QED) is 0.292. The summed E-state index contributed by atoms with van der Waals surface area (Å²) in [5.41, 5.74) is -0.978. The van der Waals surface area contributed by atoms with Crippen LogP contribution in [0.4, 0.5) is 4.79 Å². The predicted octanol–water partition coefficient (Wildman–Crippen LogP) is 2.71. The zero-order valence-electron chi connectivity index (χ0n) is 5.43. The zero-order chi connectivity index (χ0) is 7.98. The maximum absolute atomic E-state index is 9.93. The summed E-state index contributed by atoms with van der Waals surface area (Å²) in [7, 11) is 0. The van der Waals surface area contributed by atoms with Crippen LogP contribution in [0.25, 0.3) is 0 Å². The second-order valence-electron chi connectivity index (χ2n) is 1.55. The molecule has 0 N–H and O–H groups in total. The topological polar surface area (TPSA) is 38.7 Å². The minimum atomic E-state index is -0.978. The van der Waals surface area contributed by atoms with Gasteiger partial charge in [0.1, 0.15) is 5.17 Å². The molecule has 0 atom stereocenters. The third kappa shape index (κ3) is 5.85. The summed E-state index contributed by atoms with van der Waals surface area (Å²) in [5.74, 6) is 0. The van der Waals surface area contributed by atoms with E-state index in [1.54, 1.807) is 0 Å². The van der Waals surface area contributed by atoms with E-state index in [9.17, 15) is 4.79 Å². The number of carbonyl (C=O) groups is 1. The first kappa shape index (κ1) is 9.72. The van der Waals surface area contributed by atoms with Gasteiger partial charge in [0.15, 0.2) is 0 Å². The monoisotopic (exact) mass is 183 g/mol. The van der Waals surface area contributed by atoms with E-state index in [4.69, 9.17) is 23.2 Å². The van der Waals surface area contributed by atoms with Crippen LogP contribution >= 0.6 is 23.2 Å². The molecule has 58 valence electrons. The standard InChI is InChI=1S/C5H7Cl2NO2/c1-2-3-4(6)8-10-5(7)9/h2-3H2,1H3. The van der Waals surface area contributed by atoms with Crippen molar-refractivity contribution in [2.45, 2.75) is 19.8 Å². The van der Waals surface area contributed by atoms with Gasteiger partial charge in [-0.25, -0.2) is 4.79 Å². The van der Waals surface area contributed by atoms with E-state index in [1.165, 1.54) is 0 Å². The summed E-state index contributed by atoms with van der Waals surface area (Å²) in [6.45, 7) is 1.93. The van der Waals surface area contributed by atoms with E-state index in [2.05, 4.69) is 9.99 Å². The van der Waals surface area contributed by atoms with Gasteiger partial charge in [0.05, 0.1) is 0 Å². The first-order chi connectivity index (χ1) is 4.66. The SMILES string of the molecule is CCCC(Cl)=NOC(=O)Cl. The van der Waals surface area contributed by atoms with Crippen LogP contribution in [0.1, 0.15) is 19.8 Å². The summed E-state index contributed by atoms with van der Waals surface area (Å²) in [4.78, 5) is 14.0. The van der Waals surface area contributed by atoms with Crippen LogP contribution in [-0.2, 0) is 4.84 Å². The largest absolute Gasteiger partial charge is 0.429 e. The average Bonchev–Trinajstić information content (AvgIpc) is 1.85. The van der Waals surface area contributed by atoms with Gasteiger partial charge in [-0.15, -0.1) is 0 Å². The minimum Gasteiger partial charge on any atom is -0.301 e. The van der Waals surface area contributed by atoms with Crippen molar-refractivity contribution in [1.82, 2.24) is 0 Å². The minimum absolute atomic E-state index is 0.247. The van der Waals surface area contributed by atoms with Gasteiger partial charge >= 0.3 is 5.43 Å². The molecule has 0 saturated carbocycles. The summed E-state index contributed by atoms with van der Waals surface area (Å²) in [6.07, 6.45) is 1.44. The lowest BCUT2D eigenvalue weighted by atomic mass is 10.4. The van der Waals surface area contributed by atoms with E-state index in [0.29, 0.717) is 6.42 Å². The molecule has 0 aliphatic rings. The highest BCUT2D eigenvalue weighted by Crippen LogP contribution is 1.98. The molecule has 0 amide bonds. The lowest BCUT2D eigenvalue weighted by Crippen LogP contribution is -1.90. The van der Waals surface area contributed by atoms with Crippen LogP contribution in [0.15, 0.2) is 5.16 Å². The van der Waals surface area contributed by atoms with Gasteiger partial charge in [0.2, 0.25) is 0 Å². The molecule has 0 aromatic heterocycles. The molecule has 0 bridgehead atoms. The highest BCUT2D eigenvalue weighted by atomic mass is 35.5. The van der Waals surface area contributed by atoms with Crippen molar-refractivity contribution < 1.29 is 9.63 Å². The zero-order valence-corrected chi connectivity index (χ0v) is 6.95. The summed E-state index contributed by atoms with van der Waals surface area (Å²) in [5, 5.41) is 3.46. The van der Waals surface area contributed by atoms with Crippen molar-refractivity contribution in [3.8, 4) is 0 Å². The Bertz CT molecular complexity index is 147. The van der Waals surface area contributed by atoms with Crippen LogP contribution < -0.4 is 0 Å². The van der Waals surface area contributed by atoms with Gasteiger partial charge in [-0.05, 0) is 6.42 Å². The Morgan fingerprint density at radius 1 is 1.60 bits per heavy atom. The van der Waals surface area contributed by atoms with Crippen molar-refractivity contribution in [3.05, 3.63) is 0 Å². The lowest BCUT2D eigenvalue weighted by molar-refractivity contribution is 0.178.